The molecule has 0 aliphatic carbocycles. The van der Waals surface area contributed by atoms with Crippen molar-refractivity contribution in [1.29, 1.82) is 0 Å². The lowest BCUT2D eigenvalue weighted by atomic mass is 10.0. The molecule has 0 spiro atoms. The number of anilines is 2. The lowest BCUT2D eigenvalue weighted by Crippen LogP contribution is -2.44. The lowest BCUT2D eigenvalue weighted by molar-refractivity contribution is 0.227. The Bertz CT molecular complexity index is 1390. The van der Waals surface area contributed by atoms with Crippen molar-refractivity contribution in [2.24, 2.45) is 0 Å². The molecular weight excluding hydrogens is 509 g/mol. The molecule has 0 bridgehead atoms. The van der Waals surface area contributed by atoms with Crippen LogP contribution in [0, 0.1) is 11.6 Å². The number of halogens is 4. The summed E-state index contributed by atoms with van der Waals surface area (Å²) < 4.78 is 39.9. The van der Waals surface area contributed by atoms with Crippen LogP contribution in [-0.2, 0) is 0 Å². The van der Waals surface area contributed by atoms with Crippen LogP contribution in [0.15, 0.2) is 47.2 Å². The SMILES string of the molecule is CC(Oc1c(N)ncc2c(-c3ccc(N4CCN(C)CC4)cc3)coc12)c1c(Cl)c(F)cc(F)c1Cl. The molecule has 1 saturated heterocycles. The van der Waals surface area contributed by atoms with Gasteiger partial charge in [0.05, 0.1) is 21.7 Å². The zero-order valence-electron chi connectivity index (χ0n) is 19.7. The van der Waals surface area contributed by atoms with Crippen molar-refractivity contribution in [3.63, 3.8) is 0 Å². The summed E-state index contributed by atoms with van der Waals surface area (Å²) in [6, 6.07) is 8.88. The van der Waals surface area contributed by atoms with Crippen LogP contribution < -0.4 is 15.4 Å². The first kappa shape index (κ1) is 24.6. The second-order valence-corrected chi connectivity index (χ2v) is 9.60. The van der Waals surface area contributed by atoms with Crippen LogP contribution in [0.4, 0.5) is 20.3 Å². The minimum Gasteiger partial charge on any atom is -0.478 e. The molecule has 1 fully saturated rings. The highest BCUT2D eigenvalue weighted by atomic mass is 35.5. The minimum absolute atomic E-state index is 0.0292. The van der Waals surface area contributed by atoms with E-state index in [1.54, 1.807) is 19.4 Å². The van der Waals surface area contributed by atoms with Crippen molar-refractivity contribution in [2.75, 3.05) is 43.9 Å². The van der Waals surface area contributed by atoms with E-state index in [-0.39, 0.29) is 27.2 Å². The third kappa shape index (κ3) is 4.45. The van der Waals surface area contributed by atoms with Gasteiger partial charge in [0.2, 0.25) is 5.75 Å². The van der Waals surface area contributed by atoms with Gasteiger partial charge in [0.15, 0.2) is 11.4 Å². The van der Waals surface area contributed by atoms with Gasteiger partial charge in [-0.05, 0) is 31.7 Å². The Hall–Kier alpha value is -3.07. The molecule has 4 aromatic rings. The second kappa shape index (κ2) is 9.76. The van der Waals surface area contributed by atoms with E-state index >= 15 is 0 Å². The first-order chi connectivity index (χ1) is 17.2. The predicted octanol–water partition coefficient (Wildman–Crippen LogP) is 6.55. The summed E-state index contributed by atoms with van der Waals surface area (Å²) in [4.78, 5) is 8.93. The van der Waals surface area contributed by atoms with Gasteiger partial charge in [-0.3, -0.25) is 0 Å². The van der Waals surface area contributed by atoms with Crippen molar-refractivity contribution in [2.45, 2.75) is 13.0 Å². The number of fused-ring (bicyclic) bond motifs is 1. The molecule has 5 rings (SSSR count). The standard InChI is InChI=1S/C26H24Cl2F2N4O2/c1-14(21-22(27)19(29)11-20(30)23(21)28)36-25-24-17(12-32-26(25)31)18(13-35-24)15-3-5-16(6-4-15)34-9-7-33(2)8-10-34/h3-6,11-14H,7-10H2,1-2H3,(H2,31,32). The van der Waals surface area contributed by atoms with Gasteiger partial charge in [-0.2, -0.15) is 0 Å². The second-order valence-electron chi connectivity index (χ2n) is 8.84. The molecule has 2 aromatic carbocycles. The Morgan fingerprint density at radius 2 is 1.69 bits per heavy atom. The van der Waals surface area contributed by atoms with Crippen LogP contribution >= 0.6 is 23.2 Å². The largest absolute Gasteiger partial charge is 0.478 e. The van der Waals surface area contributed by atoms with Gasteiger partial charge in [0, 0.05) is 55.3 Å². The fraction of sp³-hybridized carbons (Fsp3) is 0.269. The zero-order valence-corrected chi connectivity index (χ0v) is 21.2. The van der Waals surface area contributed by atoms with E-state index in [0.29, 0.717) is 17.0 Å². The molecule has 1 aliphatic heterocycles. The average molecular weight is 533 g/mol. The maximum atomic E-state index is 14.1. The van der Waals surface area contributed by atoms with Crippen LogP contribution in [0.1, 0.15) is 18.6 Å². The van der Waals surface area contributed by atoms with Crippen LogP contribution in [0.2, 0.25) is 10.0 Å². The summed E-state index contributed by atoms with van der Waals surface area (Å²) >= 11 is 12.1. The summed E-state index contributed by atoms with van der Waals surface area (Å²) in [5.41, 5.74) is 9.33. The normalized spacial score (nSPS) is 15.4. The number of ether oxygens (including phenoxy) is 1. The quantitative estimate of drug-likeness (QED) is 0.294. The van der Waals surface area contributed by atoms with E-state index in [0.717, 1.165) is 43.0 Å². The van der Waals surface area contributed by atoms with Gasteiger partial charge in [-0.15, -0.1) is 0 Å². The highest BCUT2D eigenvalue weighted by Crippen LogP contribution is 2.42. The average Bonchev–Trinajstić information content (AvgIpc) is 3.30. The monoisotopic (exact) mass is 532 g/mol. The van der Waals surface area contributed by atoms with Gasteiger partial charge in [-0.1, -0.05) is 35.3 Å². The van der Waals surface area contributed by atoms with Crippen LogP contribution in [0.25, 0.3) is 22.1 Å². The van der Waals surface area contributed by atoms with Gasteiger partial charge < -0.3 is 24.7 Å². The van der Waals surface area contributed by atoms with E-state index in [4.69, 9.17) is 38.1 Å². The molecule has 36 heavy (non-hydrogen) atoms. The van der Waals surface area contributed by atoms with Crippen molar-refractivity contribution in [3.05, 3.63) is 70.0 Å². The first-order valence-corrected chi connectivity index (χ1v) is 12.2. The highest BCUT2D eigenvalue weighted by Gasteiger charge is 2.25. The smallest absolute Gasteiger partial charge is 0.205 e. The molecule has 2 N–H and O–H groups in total. The van der Waals surface area contributed by atoms with E-state index in [9.17, 15) is 8.78 Å². The number of nitrogen functional groups attached to an aromatic ring is 1. The van der Waals surface area contributed by atoms with Gasteiger partial charge in [0.25, 0.3) is 0 Å². The molecule has 1 aliphatic rings. The molecule has 188 valence electrons. The summed E-state index contributed by atoms with van der Waals surface area (Å²) in [6.07, 6.45) is 2.27. The molecule has 2 aromatic heterocycles. The summed E-state index contributed by atoms with van der Waals surface area (Å²) in [6.45, 7) is 5.58. The number of benzene rings is 2. The number of piperazine rings is 1. The number of furan rings is 1. The van der Waals surface area contributed by atoms with Gasteiger partial charge in [0.1, 0.15) is 17.7 Å². The molecule has 3 heterocycles. The van der Waals surface area contributed by atoms with E-state index in [1.807, 2.05) is 12.1 Å². The number of pyridine rings is 1. The van der Waals surface area contributed by atoms with E-state index in [1.165, 1.54) is 0 Å². The zero-order chi connectivity index (χ0) is 25.6. The maximum Gasteiger partial charge on any atom is 0.205 e. The van der Waals surface area contributed by atoms with Crippen molar-refractivity contribution < 1.29 is 17.9 Å². The summed E-state index contributed by atoms with van der Waals surface area (Å²) in [5.74, 6) is -1.68. The highest BCUT2D eigenvalue weighted by molar-refractivity contribution is 6.36. The van der Waals surface area contributed by atoms with Crippen LogP contribution in [-0.4, -0.2) is 43.1 Å². The number of hydrogen-bond acceptors (Lipinski definition) is 6. The van der Waals surface area contributed by atoms with Crippen LogP contribution in [0.3, 0.4) is 0 Å². The molecule has 1 unspecified atom stereocenters. The Kier molecular flexibility index (Phi) is 6.68. The fourth-order valence-corrected chi connectivity index (χ4v) is 5.07. The maximum absolute atomic E-state index is 14.1. The molecule has 1 atom stereocenters. The molecule has 0 saturated carbocycles. The van der Waals surface area contributed by atoms with E-state index < -0.39 is 17.7 Å². The Labute approximate surface area is 217 Å². The fourth-order valence-electron chi connectivity index (χ4n) is 4.42. The first-order valence-electron chi connectivity index (χ1n) is 11.4. The molecule has 0 radical (unpaired) electrons. The third-order valence-corrected chi connectivity index (χ3v) is 7.26. The number of nitrogens with two attached hydrogens (primary N) is 1. The predicted molar refractivity (Wildman–Crippen MR) is 139 cm³/mol. The molecule has 10 heteroatoms. The number of aromatic nitrogens is 1. The van der Waals surface area contributed by atoms with Crippen molar-refractivity contribution in [3.8, 4) is 16.9 Å². The number of hydrogen-bond donors (Lipinski definition) is 1. The van der Waals surface area contributed by atoms with Crippen molar-refractivity contribution in [1.82, 2.24) is 9.88 Å². The molecule has 0 amide bonds. The molecule has 6 nitrogen and oxygen atoms in total. The third-order valence-electron chi connectivity index (χ3n) is 6.49. The minimum atomic E-state index is -0.943. The van der Waals surface area contributed by atoms with Crippen LogP contribution in [0.5, 0.6) is 5.75 Å². The van der Waals surface area contributed by atoms with Gasteiger partial charge in [-0.25, -0.2) is 13.8 Å². The Balaban J connectivity index is 1.46. The molecular formula is C26H24Cl2F2N4O2. The summed E-state index contributed by atoms with van der Waals surface area (Å²) in [5, 5.41) is 0.0303. The van der Waals surface area contributed by atoms with Gasteiger partial charge >= 0.3 is 0 Å². The Morgan fingerprint density at radius 3 is 2.33 bits per heavy atom. The topological polar surface area (TPSA) is 67.8 Å². The number of nitrogens with zero attached hydrogens (tertiary/aromatic N) is 3. The van der Waals surface area contributed by atoms with E-state index in [2.05, 4.69) is 34.0 Å². The lowest BCUT2D eigenvalue weighted by Gasteiger charge is -2.34. The van der Waals surface area contributed by atoms with Crippen molar-refractivity contribution >= 4 is 45.7 Å². The number of rotatable bonds is 5. The Morgan fingerprint density at radius 1 is 1.06 bits per heavy atom. The summed E-state index contributed by atoms with van der Waals surface area (Å²) in [7, 11) is 2.13. The number of likely N-dealkylation sites (N-methyl/N-ethyl adjacent to an activating group) is 1.